The number of rotatable bonds is 1. The van der Waals surface area contributed by atoms with Crippen molar-refractivity contribution in [2.45, 2.75) is 6.92 Å². The van der Waals surface area contributed by atoms with Gasteiger partial charge in [0.05, 0.1) is 9.26 Å². The van der Waals surface area contributed by atoms with Gasteiger partial charge in [0.1, 0.15) is 5.15 Å². The summed E-state index contributed by atoms with van der Waals surface area (Å²) in [7, 11) is 1.76. The molecule has 3 nitrogen and oxygen atoms in total. The fraction of sp³-hybridized carbons (Fsp3) is 0.333. The Morgan fingerprint density at radius 1 is 1.45 bits per heavy atom. The quantitative estimate of drug-likeness (QED) is 0.633. The van der Waals surface area contributed by atoms with Crippen molar-refractivity contribution in [3.05, 3.63) is 14.4 Å². The van der Waals surface area contributed by atoms with Gasteiger partial charge in [-0.3, -0.25) is 0 Å². The van der Waals surface area contributed by atoms with Crippen LogP contribution in [0, 0.1) is 10.5 Å². The maximum absolute atomic E-state index is 5.80. The molecule has 5 heteroatoms. The summed E-state index contributed by atoms with van der Waals surface area (Å²) in [6, 6.07) is 0. The fourth-order valence-corrected chi connectivity index (χ4v) is 1.09. The zero-order chi connectivity index (χ0) is 8.43. The van der Waals surface area contributed by atoms with Crippen LogP contribution in [-0.2, 0) is 0 Å². The van der Waals surface area contributed by atoms with E-state index in [2.05, 4.69) is 37.9 Å². The van der Waals surface area contributed by atoms with Crippen LogP contribution in [0.5, 0.6) is 0 Å². The Kier molecular flexibility index (Phi) is 2.89. The molecule has 0 amide bonds. The van der Waals surface area contributed by atoms with Gasteiger partial charge in [-0.15, -0.1) is 0 Å². The molecular weight excluding hydrogens is 276 g/mol. The molecular formula is C6H7ClIN3. The second kappa shape index (κ2) is 3.53. The van der Waals surface area contributed by atoms with Crippen molar-refractivity contribution in [1.82, 2.24) is 9.97 Å². The Bertz CT molecular complexity index is 254. The van der Waals surface area contributed by atoms with Crippen molar-refractivity contribution in [1.29, 1.82) is 0 Å². The molecule has 11 heavy (non-hydrogen) atoms. The first-order chi connectivity index (χ1) is 5.15. The van der Waals surface area contributed by atoms with E-state index in [-0.39, 0.29) is 0 Å². The average Bonchev–Trinajstić information content (AvgIpc) is 1.99. The highest BCUT2D eigenvalue weighted by Gasteiger charge is 2.04. The zero-order valence-electron chi connectivity index (χ0n) is 6.15. The van der Waals surface area contributed by atoms with Crippen LogP contribution in [-0.4, -0.2) is 17.0 Å². The van der Waals surface area contributed by atoms with Crippen molar-refractivity contribution >= 4 is 40.1 Å². The maximum Gasteiger partial charge on any atom is 0.224 e. The van der Waals surface area contributed by atoms with E-state index in [0.717, 1.165) is 9.26 Å². The second-order valence-corrected chi connectivity index (χ2v) is 3.42. The third kappa shape index (κ3) is 1.93. The summed E-state index contributed by atoms with van der Waals surface area (Å²) >= 11 is 7.92. The molecule has 0 radical (unpaired) electrons. The molecule has 0 bridgehead atoms. The lowest BCUT2D eigenvalue weighted by Gasteiger charge is -2.02. The van der Waals surface area contributed by atoms with Gasteiger partial charge >= 0.3 is 0 Å². The van der Waals surface area contributed by atoms with Crippen LogP contribution in [0.15, 0.2) is 0 Å². The molecule has 0 aliphatic heterocycles. The lowest BCUT2D eigenvalue weighted by Crippen LogP contribution is -2.00. The van der Waals surface area contributed by atoms with Crippen LogP contribution in [0.2, 0.25) is 5.15 Å². The highest BCUT2D eigenvalue weighted by Crippen LogP contribution is 2.19. The molecule has 0 fully saturated rings. The molecule has 0 saturated carbocycles. The molecule has 0 aromatic carbocycles. The first-order valence-electron chi connectivity index (χ1n) is 3.02. The number of aryl methyl sites for hydroxylation is 1. The van der Waals surface area contributed by atoms with Crippen molar-refractivity contribution < 1.29 is 0 Å². The van der Waals surface area contributed by atoms with Crippen LogP contribution in [0.4, 0.5) is 5.95 Å². The molecule has 1 rings (SSSR count). The van der Waals surface area contributed by atoms with Gasteiger partial charge in [-0.2, -0.15) is 4.98 Å². The van der Waals surface area contributed by atoms with Crippen LogP contribution in [0.3, 0.4) is 0 Å². The van der Waals surface area contributed by atoms with Crippen LogP contribution >= 0.6 is 34.2 Å². The van der Waals surface area contributed by atoms with E-state index in [0.29, 0.717) is 11.1 Å². The minimum Gasteiger partial charge on any atom is -0.357 e. The third-order valence-corrected chi connectivity index (χ3v) is 3.08. The molecule has 1 aromatic heterocycles. The Hall–Kier alpha value is -0.100. The topological polar surface area (TPSA) is 37.8 Å². The second-order valence-electron chi connectivity index (χ2n) is 1.99. The predicted octanol–water partition coefficient (Wildman–Crippen LogP) is 2.08. The lowest BCUT2D eigenvalue weighted by atomic mass is 10.5. The molecule has 0 saturated heterocycles. The first kappa shape index (κ1) is 8.99. The number of anilines is 1. The Morgan fingerprint density at radius 2 is 2.09 bits per heavy atom. The molecule has 0 spiro atoms. The van der Waals surface area contributed by atoms with Gasteiger partial charge in [-0.25, -0.2) is 4.98 Å². The van der Waals surface area contributed by atoms with Crippen molar-refractivity contribution in [2.75, 3.05) is 12.4 Å². The zero-order valence-corrected chi connectivity index (χ0v) is 9.06. The smallest absolute Gasteiger partial charge is 0.224 e. The predicted molar refractivity (Wildman–Crippen MR) is 54.0 cm³/mol. The highest BCUT2D eigenvalue weighted by atomic mass is 127. The van der Waals surface area contributed by atoms with E-state index in [9.17, 15) is 0 Å². The summed E-state index contributed by atoms with van der Waals surface area (Å²) in [4.78, 5) is 8.13. The van der Waals surface area contributed by atoms with Gasteiger partial charge in [0.2, 0.25) is 5.95 Å². The number of nitrogens with zero attached hydrogens (tertiary/aromatic N) is 2. The Balaban J connectivity index is 3.21. The molecule has 1 aromatic rings. The molecule has 0 aliphatic rings. The molecule has 0 unspecified atom stereocenters. The van der Waals surface area contributed by atoms with E-state index < -0.39 is 0 Å². The van der Waals surface area contributed by atoms with Gasteiger partial charge in [0, 0.05) is 7.05 Å². The SMILES string of the molecule is CNc1nc(C)c(I)c(Cl)n1. The third-order valence-electron chi connectivity index (χ3n) is 1.20. The summed E-state index contributed by atoms with van der Waals surface area (Å²) in [5.74, 6) is 0.563. The molecule has 0 aliphatic carbocycles. The normalized spacial score (nSPS) is 9.82. The highest BCUT2D eigenvalue weighted by molar-refractivity contribution is 14.1. The van der Waals surface area contributed by atoms with Gasteiger partial charge in [-0.05, 0) is 29.5 Å². The molecule has 60 valence electrons. The van der Waals surface area contributed by atoms with E-state index >= 15 is 0 Å². The van der Waals surface area contributed by atoms with Crippen molar-refractivity contribution in [3.63, 3.8) is 0 Å². The van der Waals surface area contributed by atoms with Gasteiger partial charge in [0.15, 0.2) is 0 Å². The minimum atomic E-state index is 0.502. The minimum absolute atomic E-state index is 0.502. The fourth-order valence-electron chi connectivity index (χ4n) is 0.636. The van der Waals surface area contributed by atoms with Gasteiger partial charge in [0.25, 0.3) is 0 Å². The summed E-state index contributed by atoms with van der Waals surface area (Å²) < 4.78 is 0.906. The number of nitrogens with one attached hydrogen (secondary N) is 1. The number of halogens is 2. The number of hydrogen-bond donors (Lipinski definition) is 1. The van der Waals surface area contributed by atoms with Crippen molar-refractivity contribution in [3.8, 4) is 0 Å². The standard InChI is InChI=1S/C6H7ClIN3/c1-3-4(8)5(7)11-6(9-2)10-3/h1-2H3,(H,9,10,11). The van der Waals surface area contributed by atoms with Crippen LogP contribution in [0.1, 0.15) is 5.69 Å². The summed E-state index contributed by atoms with van der Waals surface area (Å²) in [5.41, 5.74) is 0.898. The van der Waals surface area contributed by atoms with E-state index in [1.807, 2.05) is 6.92 Å². The summed E-state index contributed by atoms with van der Waals surface area (Å²) in [6.07, 6.45) is 0. The Morgan fingerprint density at radius 3 is 2.55 bits per heavy atom. The Labute approximate surface area is 83.7 Å². The maximum atomic E-state index is 5.80. The van der Waals surface area contributed by atoms with E-state index in [1.165, 1.54) is 0 Å². The molecule has 1 heterocycles. The average molecular weight is 284 g/mol. The van der Waals surface area contributed by atoms with Crippen molar-refractivity contribution in [2.24, 2.45) is 0 Å². The number of hydrogen-bond acceptors (Lipinski definition) is 3. The van der Waals surface area contributed by atoms with Gasteiger partial charge in [-0.1, -0.05) is 11.6 Å². The molecule has 1 N–H and O–H groups in total. The summed E-state index contributed by atoms with van der Waals surface area (Å²) in [6.45, 7) is 1.90. The summed E-state index contributed by atoms with van der Waals surface area (Å²) in [5, 5.41) is 3.33. The first-order valence-corrected chi connectivity index (χ1v) is 4.48. The lowest BCUT2D eigenvalue weighted by molar-refractivity contribution is 1.08. The number of aromatic nitrogens is 2. The largest absolute Gasteiger partial charge is 0.357 e. The molecule has 0 atom stereocenters. The van der Waals surface area contributed by atoms with E-state index in [1.54, 1.807) is 7.05 Å². The van der Waals surface area contributed by atoms with Crippen LogP contribution < -0.4 is 5.32 Å². The monoisotopic (exact) mass is 283 g/mol. The van der Waals surface area contributed by atoms with Gasteiger partial charge < -0.3 is 5.32 Å². The van der Waals surface area contributed by atoms with Crippen LogP contribution in [0.25, 0.3) is 0 Å². The van der Waals surface area contributed by atoms with E-state index in [4.69, 9.17) is 11.6 Å².